The van der Waals surface area contributed by atoms with Crippen molar-refractivity contribution < 1.29 is 9.53 Å². The molecule has 1 aromatic rings. The zero-order chi connectivity index (χ0) is 19.7. The molecule has 1 saturated carbocycles. The maximum absolute atomic E-state index is 11.6. The lowest BCUT2D eigenvalue weighted by atomic mass is 10.0. The molecular formula is C22H33N3O2S. The third kappa shape index (κ3) is 4.79. The number of likely N-dealkylation sites (N-methyl/N-ethyl adjacent to an activating group) is 1. The van der Waals surface area contributed by atoms with Gasteiger partial charge in [0, 0.05) is 56.0 Å². The van der Waals surface area contributed by atoms with Gasteiger partial charge < -0.3 is 14.5 Å². The lowest BCUT2D eigenvalue weighted by Crippen LogP contribution is -2.51. The number of Topliss-reactive ketones (excluding diaryl/α,β-unsaturated/α-hetero) is 1. The Balaban J connectivity index is 1.45. The highest BCUT2D eigenvalue weighted by molar-refractivity contribution is 7.97. The topological polar surface area (TPSA) is 36.0 Å². The fourth-order valence-corrected chi connectivity index (χ4v) is 5.52. The minimum absolute atomic E-state index is 0.117. The highest BCUT2D eigenvalue weighted by Crippen LogP contribution is 2.44. The molecule has 154 valence electrons. The van der Waals surface area contributed by atoms with Crippen LogP contribution in [0.2, 0.25) is 0 Å². The molecule has 3 aliphatic rings. The van der Waals surface area contributed by atoms with E-state index in [0.29, 0.717) is 0 Å². The first-order valence-electron chi connectivity index (χ1n) is 10.5. The Kier molecular flexibility index (Phi) is 6.14. The molecule has 0 amide bonds. The number of rotatable bonds is 7. The van der Waals surface area contributed by atoms with E-state index >= 15 is 0 Å². The summed E-state index contributed by atoms with van der Waals surface area (Å²) in [6.07, 6.45) is 5.22. The van der Waals surface area contributed by atoms with Crippen molar-refractivity contribution in [1.29, 1.82) is 0 Å². The molecule has 28 heavy (non-hydrogen) atoms. The van der Waals surface area contributed by atoms with E-state index in [9.17, 15) is 4.79 Å². The van der Waals surface area contributed by atoms with Crippen LogP contribution in [0.15, 0.2) is 29.2 Å². The summed E-state index contributed by atoms with van der Waals surface area (Å²) < 4.78 is 9.18. The number of carbonyl (C=O) groups excluding carboxylic acids is 1. The van der Waals surface area contributed by atoms with Gasteiger partial charge in [0.15, 0.2) is 5.78 Å². The Morgan fingerprint density at radius 3 is 2.46 bits per heavy atom. The van der Waals surface area contributed by atoms with E-state index in [1.165, 1.54) is 24.3 Å². The van der Waals surface area contributed by atoms with Crippen molar-refractivity contribution in [3.8, 4) is 0 Å². The number of likely N-dealkylation sites (tertiary alicyclic amines) is 1. The molecule has 0 radical (unpaired) electrons. The fraction of sp³-hybridized carbons (Fsp3) is 0.682. The minimum Gasteiger partial charge on any atom is -0.354 e. The normalized spacial score (nSPS) is 25.6. The standard InChI is InChI=1S/C22H33N3O2S/c1-17(26)19-6-8-21(9-7-19)28-25-16-20(15-23(2)3)27-22(25)10-12-24(13-11-22)14-18-4-5-18/h6-9,18,20H,4-5,10-16H2,1-3H3. The van der Waals surface area contributed by atoms with Gasteiger partial charge in [0.25, 0.3) is 0 Å². The predicted molar refractivity (Wildman–Crippen MR) is 114 cm³/mol. The lowest BCUT2D eigenvalue weighted by Gasteiger charge is -2.43. The van der Waals surface area contributed by atoms with Crippen molar-refractivity contribution >= 4 is 17.7 Å². The summed E-state index contributed by atoms with van der Waals surface area (Å²) in [5.74, 6) is 1.07. The van der Waals surface area contributed by atoms with Crippen LogP contribution in [-0.4, -0.2) is 78.5 Å². The van der Waals surface area contributed by atoms with Gasteiger partial charge in [-0.3, -0.25) is 4.79 Å². The summed E-state index contributed by atoms with van der Waals surface area (Å²) in [6, 6.07) is 8.00. The molecule has 0 aromatic heterocycles. The SMILES string of the molecule is CC(=O)c1ccc(SN2CC(CN(C)C)OC23CCN(CC2CC2)CC3)cc1. The number of ether oxygens (including phenoxy) is 1. The molecule has 1 unspecified atom stereocenters. The molecule has 1 atom stereocenters. The van der Waals surface area contributed by atoms with E-state index < -0.39 is 0 Å². The van der Waals surface area contributed by atoms with E-state index in [-0.39, 0.29) is 17.6 Å². The highest BCUT2D eigenvalue weighted by atomic mass is 32.2. The lowest BCUT2D eigenvalue weighted by molar-refractivity contribution is -0.114. The van der Waals surface area contributed by atoms with Gasteiger partial charge in [-0.25, -0.2) is 4.31 Å². The van der Waals surface area contributed by atoms with Crippen LogP contribution < -0.4 is 0 Å². The second-order valence-electron chi connectivity index (χ2n) is 8.93. The molecule has 2 heterocycles. The summed E-state index contributed by atoms with van der Waals surface area (Å²) in [5, 5.41) is 0. The molecule has 6 heteroatoms. The first-order chi connectivity index (χ1) is 13.4. The molecule has 3 fully saturated rings. The number of nitrogens with zero attached hydrogens (tertiary/aromatic N) is 3. The van der Waals surface area contributed by atoms with Gasteiger partial charge in [-0.2, -0.15) is 0 Å². The van der Waals surface area contributed by atoms with E-state index in [1.807, 2.05) is 12.1 Å². The second-order valence-corrected chi connectivity index (χ2v) is 10.0. The average Bonchev–Trinajstić information content (AvgIpc) is 3.41. The molecule has 1 aromatic carbocycles. The van der Waals surface area contributed by atoms with Crippen LogP contribution in [0.1, 0.15) is 43.0 Å². The summed E-state index contributed by atoms with van der Waals surface area (Å²) in [7, 11) is 4.23. The predicted octanol–water partition coefficient (Wildman–Crippen LogP) is 3.36. The second kappa shape index (κ2) is 8.44. The van der Waals surface area contributed by atoms with E-state index in [4.69, 9.17) is 4.74 Å². The van der Waals surface area contributed by atoms with Crippen LogP contribution in [-0.2, 0) is 4.74 Å². The van der Waals surface area contributed by atoms with Crippen molar-refractivity contribution in [2.45, 2.75) is 49.3 Å². The maximum Gasteiger partial charge on any atom is 0.159 e. The molecule has 4 rings (SSSR count). The number of piperidine rings is 1. The van der Waals surface area contributed by atoms with Gasteiger partial charge in [0.05, 0.1) is 6.10 Å². The minimum atomic E-state index is -0.162. The molecular weight excluding hydrogens is 370 g/mol. The first kappa shape index (κ1) is 20.4. The largest absolute Gasteiger partial charge is 0.354 e. The average molecular weight is 404 g/mol. The van der Waals surface area contributed by atoms with Gasteiger partial charge >= 0.3 is 0 Å². The zero-order valence-corrected chi connectivity index (χ0v) is 18.2. The molecule has 5 nitrogen and oxygen atoms in total. The Morgan fingerprint density at radius 2 is 1.89 bits per heavy atom. The number of hydrogen-bond acceptors (Lipinski definition) is 6. The van der Waals surface area contributed by atoms with Gasteiger partial charge in [-0.05, 0) is 63.9 Å². The van der Waals surface area contributed by atoms with Gasteiger partial charge in [0.2, 0.25) is 0 Å². The van der Waals surface area contributed by atoms with Gasteiger partial charge in [-0.15, -0.1) is 0 Å². The van der Waals surface area contributed by atoms with Gasteiger partial charge in [-0.1, -0.05) is 12.1 Å². The number of hydrogen-bond donors (Lipinski definition) is 0. The Bertz CT molecular complexity index is 682. The monoisotopic (exact) mass is 403 g/mol. The zero-order valence-electron chi connectivity index (χ0n) is 17.4. The van der Waals surface area contributed by atoms with Crippen molar-refractivity contribution in [2.24, 2.45) is 5.92 Å². The van der Waals surface area contributed by atoms with E-state index in [0.717, 1.165) is 50.5 Å². The molecule has 0 bridgehead atoms. The Labute approximate surface area is 173 Å². The maximum atomic E-state index is 11.6. The quantitative estimate of drug-likeness (QED) is 0.513. The summed E-state index contributed by atoms with van der Waals surface area (Å²) in [6.45, 7) is 7.05. The van der Waals surface area contributed by atoms with Crippen LogP contribution in [0.25, 0.3) is 0 Å². The van der Waals surface area contributed by atoms with Crippen LogP contribution >= 0.6 is 11.9 Å². The molecule has 1 spiro atoms. The summed E-state index contributed by atoms with van der Waals surface area (Å²) >= 11 is 1.80. The van der Waals surface area contributed by atoms with Crippen LogP contribution in [0.5, 0.6) is 0 Å². The third-order valence-corrected chi connectivity index (χ3v) is 7.29. The van der Waals surface area contributed by atoms with Gasteiger partial charge in [0.1, 0.15) is 5.72 Å². The molecule has 2 aliphatic heterocycles. The smallest absolute Gasteiger partial charge is 0.159 e. The third-order valence-electron chi connectivity index (χ3n) is 6.11. The van der Waals surface area contributed by atoms with E-state index in [1.54, 1.807) is 18.9 Å². The number of benzene rings is 1. The van der Waals surface area contributed by atoms with Crippen LogP contribution in [0, 0.1) is 5.92 Å². The Hall–Kier alpha value is -0.920. The molecule has 0 N–H and O–H groups in total. The van der Waals surface area contributed by atoms with Crippen LogP contribution in [0.3, 0.4) is 0 Å². The Morgan fingerprint density at radius 1 is 1.21 bits per heavy atom. The van der Waals surface area contributed by atoms with Crippen molar-refractivity contribution in [2.75, 3.05) is 46.8 Å². The van der Waals surface area contributed by atoms with Crippen molar-refractivity contribution in [3.63, 3.8) is 0 Å². The summed E-state index contributed by atoms with van der Waals surface area (Å²) in [5.41, 5.74) is 0.612. The first-order valence-corrected chi connectivity index (χ1v) is 11.3. The van der Waals surface area contributed by atoms with Crippen molar-refractivity contribution in [1.82, 2.24) is 14.1 Å². The van der Waals surface area contributed by atoms with Crippen LogP contribution in [0.4, 0.5) is 0 Å². The highest BCUT2D eigenvalue weighted by Gasteiger charge is 2.49. The number of carbonyl (C=O) groups is 1. The number of ketones is 1. The fourth-order valence-electron chi connectivity index (χ4n) is 4.38. The molecule has 1 aliphatic carbocycles. The van der Waals surface area contributed by atoms with E-state index in [2.05, 4.69) is 40.3 Å². The molecule has 2 saturated heterocycles. The van der Waals surface area contributed by atoms with Crippen molar-refractivity contribution in [3.05, 3.63) is 29.8 Å². The summed E-state index contributed by atoms with van der Waals surface area (Å²) in [4.78, 5) is 17.6.